The van der Waals surface area contributed by atoms with Gasteiger partial charge >= 0.3 is 0 Å². The minimum atomic E-state index is -0.374. The van der Waals surface area contributed by atoms with Crippen molar-refractivity contribution in [1.82, 2.24) is 5.32 Å². The van der Waals surface area contributed by atoms with Crippen molar-refractivity contribution in [2.24, 2.45) is 16.7 Å². The summed E-state index contributed by atoms with van der Waals surface area (Å²) in [5.41, 5.74) is 0.192. The highest BCUT2D eigenvalue weighted by molar-refractivity contribution is 5.78. The van der Waals surface area contributed by atoms with Crippen LogP contribution in [0.25, 0.3) is 0 Å². The first-order valence-corrected chi connectivity index (χ1v) is 7.97. The van der Waals surface area contributed by atoms with Crippen molar-refractivity contribution in [1.29, 1.82) is 0 Å². The third-order valence-electron chi connectivity index (χ3n) is 4.28. The molecule has 124 valence electrons. The van der Waals surface area contributed by atoms with E-state index in [1.165, 1.54) is 0 Å². The highest BCUT2D eigenvalue weighted by atomic mass is 16.6. The second-order valence-electron chi connectivity index (χ2n) is 8.27. The molecule has 1 saturated heterocycles. The lowest BCUT2D eigenvalue weighted by atomic mass is 9.68. The molecule has 0 aromatic heterocycles. The average molecular weight is 299 g/mol. The summed E-state index contributed by atoms with van der Waals surface area (Å²) < 4.78 is 11.8. The van der Waals surface area contributed by atoms with Gasteiger partial charge in [0.25, 0.3) is 0 Å². The Labute approximate surface area is 130 Å². The van der Waals surface area contributed by atoms with Crippen molar-refractivity contribution >= 4 is 5.91 Å². The largest absolute Gasteiger partial charge is 0.369 e. The first-order valence-electron chi connectivity index (χ1n) is 7.97. The van der Waals surface area contributed by atoms with Crippen LogP contribution in [-0.4, -0.2) is 31.5 Å². The monoisotopic (exact) mass is 299 g/mol. The molecule has 1 rings (SSSR count). The molecule has 0 aromatic rings. The van der Waals surface area contributed by atoms with Gasteiger partial charge in [0, 0.05) is 13.0 Å². The Morgan fingerprint density at radius 2 is 1.90 bits per heavy atom. The lowest BCUT2D eigenvalue weighted by Gasteiger charge is -2.49. The van der Waals surface area contributed by atoms with Gasteiger partial charge in [0.15, 0.2) is 6.23 Å². The number of hydrogen-bond donors (Lipinski definition) is 1. The molecule has 1 aliphatic rings. The molecular formula is C17H33NO3. The number of carbonyl (C=O) groups excluding carboxylic acids is 1. The number of ether oxygens (including phenoxy) is 2. The van der Waals surface area contributed by atoms with Crippen molar-refractivity contribution in [2.45, 2.75) is 79.7 Å². The van der Waals surface area contributed by atoms with E-state index in [2.05, 4.69) is 39.9 Å². The average Bonchev–Trinajstić information content (AvgIpc) is 2.34. The van der Waals surface area contributed by atoms with Crippen LogP contribution in [0.2, 0.25) is 0 Å². The lowest BCUT2D eigenvalue weighted by molar-refractivity contribution is -0.199. The highest BCUT2D eigenvalue weighted by Gasteiger charge is 2.45. The summed E-state index contributed by atoms with van der Waals surface area (Å²) in [6.07, 6.45) is 1.64. The van der Waals surface area contributed by atoms with Crippen LogP contribution in [0.15, 0.2) is 0 Å². The Balaban J connectivity index is 2.82. The van der Waals surface area contributed by atoms with Crippen molar-refractivity contribution in [3.8, 4) is 0 Å². The fourth-order valence-corrected chi connectivity index (χ4v) is 3.28. The van der Waals surface area contributed by atoms with E-state index in [1.54, 1.807) is 7.11 Å². The summed E-state index contributed by atoms with van der Waals surface area (Å²) in [6, 6.07) is 0. The predicted molar refractivity (Wildman–Crippen MR) is 84.9 cm³/mol. The summed E-state index contributed by atoms with van der Waals surface area (Å²) in [6.45, 7) is 14.9. The molecule has 21 heavy (non-hydrogen) atoms. The molecule has 1 N–H and O–H groups in total. The maximum atomic E-state index is 11.9. The number of amides is 1. The molecular weight excluding hydrogens is 266 g/mol. The van der Waals surface area contributed by atoms with Crippen LogP contribution in [0.1, 0.15) is 61.3 Å². The van der Waals surface area contributed by atoms with Gasteiger partial charge < -0.3 is 14.8 Å². The van der Waals surface area contributed by atoms with E-state index in [0.717, 1.165) is 12.8 Å². The van der Waals surface area contributed by atoms with Crippen LogP contribution in [0.4, 0.5) is 0 Å². The standard InChI is InChI=1S/C17H33NO3/c1-11(2)13(19)18-14(20-8)12-9-10-17(6,7)15(21-12)16(3,4)5/h11-12,14-15H,9-10H2,1-8H3,(H,18,19)/t12-,14+,15-/m1/s1. The van der Waals surface area contributed by atoms with Gasteiger partial charge in [0.05, 0.1) is 6.10 Å². The number of methoxy groups -OCH3 is 1. The van der Waals surface area contributed by atoms with Crippen molar-refractivity contribution < 1.29 is 14.3 Å². The van der Waals surface area contributed by atoms with Crippen LogP contribution >= 0.6 is 0 Å². The Morgan fingerprint density at radius 1 is 1.33 bits per heavy atom. The predicted octanol–water partition coefficient (Wildman–Crippen LogP) is 3.35. The smallest absolute Gasteiger partial charge is 0.224 e. The Kier molecular flexibility index (Phi) is 5.84. The fraction of sp³-hybridized carbons (Fsp3) is 0.941. The van der Waals surface area contributed by atoms with Crippen molar-refractivity contribution in [3.05, 3.63) is 0 Å². The maximum absolute atomic E-state index is 11.9. The van der Waals surface area contributed by atoms with E-state index in [9.17, 15) is 4.79 Å². The van der Waals surface area contributed by atoms with Gasteiger partial charge in [-0.1, -0.05) is 48.5 Å². The molecule has 0 aliphatic carbocycles. The zero-order chi connectivity index (χ0) is 16.4. The van der Waals surface area contributed by atoms with Gasteiger partial charge in [-0.2, -0.15) is 0 Å². The topological polar surface area (TPSA) is 47.6 Å². The van der Waals surface area contributed by atoms with Crippen molar-refractivity contribution in [3.63, 3.8) is 0 Å². The van der Waals surface area contributed by atoms with Gasteiger partial charge in [-0.3, -0.25) is 4.79 Å². The molecule has 0 spiro atoms. The molecule has 0 unspecified atom stereocenters. The maximum Gasteiger partial charge on any atom is 0.224 e. The molecule has 0 radical (unpaired) electrons. The lowest BCUT2D eigenvalue weighted by Crippen LogP contribution is -2.55. The van der Waals surface area contributed by atoms with Gasteiger partial charge in [0.1, 0.15) is 6.10 Å². The first-order chi connectivity index (χ1) is 9.49. The van der Waals surface area contributed by atoms with Crippen LogP contribution in [-0.2, 0) is 14.3 Å². The molecule has 1 amide bonds. The van der Waals surface area contributed by atoms with E-state index >= 15 is 0 Å². The summed E-state index contributed by atoms with van der Waals surface area (Å²) >= 11 is 0. The number of carbonyl (C=O) groups is 1. The normalized spacial score (nSPS) is 27.5. The quantitative estimate of drug-likeness (QED) is 0.810. The van der Waals surface area contributed by atoms with Gasteiger partial charge in [0.2, 0.25) is 5.91 Å². The number of rotatable bonds is 4. The van der Waals surface area contributed by atoms with E-state index in [0.29, 0.717) is 0 Å². The third-order valence-corrected chi connectivity index (χ3v) is 4.28. The van der Waals surface area contributed by atoms with Crippen LogP contribution in [0.3, 0.4) is 0 Å². The van der Waals surface area contributed by atoms with Crippen LogP contribution < -0.4 is 5.32 Å². The summed E-state index contributed by atoms with van der Waals surface area (Å²) in [7, 11) is 1.63. The summed E-state index contributed by atoms with van der Waals surface area (Å²) in [5.74, 6) is -0.0521. The molecule has 4 heteroatoms. The summed E-state index contributed by atoms with van der Waals surface area (Å²) in [5, 5.41) is 2.95. The minimum absolute atomic E-state index is 0.00240. The molecule has 3 atom stereocenters. The molecule has 0 aromatic carbocycles. The van der Waals surface area contributed by atoms with Gasteiger partial charge in [-0.05, 0) is 23.7 Å². The first kappa shape index (κ1) is 18.4. The number of hydrogen-bond acceptors (Lipinski definition) is 3. The van der Waals surface area contributed by atoms with E-state index in [-0.39, 0.29) is 41.1 Å². The molecule has 0 saturated carbocycles. The molecule has 4 nitrogen and oxygen atoms in total. The van der Waals surface area contributed by atoms with Crippen molar-refractivity contribution in [2.75, 3.05) is 7.11 Å². The Bertz CT molecular complexity index is 358. The van der Waals surface area contributed by atoms with E-state index in [1.807, 2.05) is 13.8 Å². The third kappa shape index (κ3) is 4.68. The fourth-order valence-electron chi connectivity index (χ4n) is 3.28. The minimum Gasteiger partial charge on any atom is -0.369 e. The molecule has 0 bridgehead atoms. The highest BCUT2D eigenvalue weighted by Crippen LogP contribution is 2.44. The molecule has 1 heterocycles. The SMILES string of the molecule is CO[C@H](NC(=O)C(C)C)[C@H]1CCC(C)(C)[C@@H](C(C)(C)C)O1. The Hall–Kier alpha value is -0.610. The van der Waals surface area contributed by atoms with Crippen LogP contribution in [0.5, 0.6) is 0 Å². The second-order valence-corrected chi connectivity index (χ2v) is 8.27. The van der Waals surface area contributed by atoms with Gasteiger partial charge in [-0.15, -0.1) is 0 Å². The number of nitrogens with one attached hydrogen (secondary N) is 1. The van der Waals surface area contributed by atoms with E-state index < -0.39 is 0 Å². The van der Waals surface area contributed by atoms with Gasteiger partial charge in [-0.25, -0.2) is 0 Å². The molecule has 1 fully saturated rings. The zero-order valence-electron chi connectivity index (χ0n) is 14.9. The van der Waals surface area contributed by atoms with E-state index in [4.69, 9.17) is 9.47 Å². The summed E-state index contributed by atoms with van der Waals surface area (Å²) in [4.78, 5) is 11.9. The molecule has 1 aliphatic heterocycles. The van der Waals surface area contributed by atoms with Crippen LogP contribution in [0, 0.1) is 16.7 Å². The zero-order valence-corrected chi connectivity index (χ0v) is 14.9. The second kappa shape index (κ2) is 6.66. The Morgan fingerprint density at radius 3 is 2.33 bits per heavy atom.